The van der Waals surface area contributed by atoms with Gasteiger partial charge in [0.15, 0.2) is 0 Å². The quantitative estimate of drug-likeness (QED) is 0.794. The fraction of sp³-hybridized carbons (Fsp3) is 0.200. The summed E-state index contributed by atoms with van der Waals surface area (Å²) in [5, 5.41) is 13.2. The molecule has 0 aliphatic carbocycles. The van der Waals surface area contributed by atoms with E-state index in [1.165, 1.54) is 6.07 Å². The molecule has 0 bridgehead atoms. The average Bonchev–Trinajstić information content (AvgIpc) is 2.86. The van der Waals surface area contributed by atoms with Crippen molar-refractivity contribution in [2.75, 3.05) is 11.9 Å². The van der Waals surface area contributed by atoms with Crippen molar-refractivity contribution in [1.82, 2.24) is 0 Å². The maximum Gasteiger partial charge on any atom is 0.145 e. The third-order valence-corrected chi connectivity index (χ3v) is 5.19. The molecule has 0 saturated carbocycles. The molecule has 0 radical (unpaired) electrons. The molecule has 0 amide bonds. The largest absolute Gasteiger partial charge is 0.394 e. The fourth-order valence-corrected chi connectivity index (χ4v) is 3.35. The molecule has 2 aromatic carbocycles. The van der Waals surface area contributed by atoms with Gasteiger partial charge in [0.1, 0.15) is 5.82 Å². The molecule has 0 spiro atoms. The molecule has 20 heavy (non-hydrogen) atoms. The first-order valence-electron chi connectivity index (χ1n) is 6.18. The summed E-state index contributed by atoms with van der Waals surface area (Å²) in [5.74, 6) is -0.480. The highest BCUT2D eigenvalue weighted by Gasteiger charge is 2.39. The highest BCUT2D eigenvalue weighted by molar-refractivity contribution is 9.10. The molecule has 2 N–H and O–H groups in total. The lowest BCUT2D eigenvalue weighted by Crippen LogP contribution is -2.37. The van der Waals surface area contributed by atoms with Crippen molar-refractivity contribution >= 4 is 33.2 Å². The van der Waals surface area contributed by atoms with Gasteiger partial charge in [0.25, 0.3) is 0 Å². The number of anilines is 1. The van der Waals surface area contributed by atoms with Crippen LogP contribution in [0.2, 0.25) is 5.02 Å². The smallest absolute Gasteiger partial charge is 0.145 e. The van der Waals surface area contributed by atoms with Crippen LogP contribution in [0.1, 0.15) is 11.1 Å². The second-order valence-corrected chi connectivity index (χ2v) is 6.09. The van der Waals surface area contributed by atoms with Gasteiger partial charge in [0.2, 0.25) is 0 Å². The van der Waals surface area contributed by atoms with Crippen LogP contribution in [0, 0.1) is 5.82 Å². The van der Waals surface area contributed by atoms with Gasteiger partial charge in [-0.25, -0.2) is 4.39 Å². The number of hydrogen-bond acceptors (Lipinski definition) is 2. The number of halogens is 3. The Bertz CT molecular complexity index is 665. The highest BCUT2D eigenvalue weighted by Crippen LogP contribution is 2.45. The molecule has 1 atom stereocenters. The van der Waals surface area contributed by atoms with Crippen LogP contribution in [-0.2, 0) is 12.0 Å². The Labute approximate surface area is 129 Å². The van der Waals surface area contributed by atoms with Gasteiger partial charge in [0.05, 0.1) is 17.2 Å². The number of rotatable bonds is 2. The van der Waals surface area contributed by atoms with Gasteiger partial charge >= 0.3 is 0 Å². The summed E-state index contributed by atoms with van der Waals surface area (Å²) < 4.78 is 14.3. The second kappa shape index (κ2) is 5.02. The van der Waals surface area contributed by atoms with Crippen LogP contribution in [0.25, 0.3) is 0 Å². The van der Waals surface area contributed by atoms with Crippen molar-refractivity contribution in [3.63, 3.8) is 0 Å². The second-order valence-electron chi connectivity index (χ2n) is 4.92. The lowest BCUT2D eigenvalue weighted by atomic mass is 9.88. The number of hydrogen-bond donors (Lipinski definition) is 2. The van der Waals surface area contributed by atoms with Gasteiger partial charge in [-0.2, -0.15) is 0 Å². The summed E-state index contributed by atoms with van der Waals surface area (Å²) in [4.78, 5) is 0. The van der Waals surface area contributed by atoms with E-state index in [0.29, 0.717) is 16.6 Å². The monoisotopic (exact) mass is 355 g/mol. The zero-order valence-electron chi connectivity index (χ0n) is 10.5. The molecule has 1 aliphatic heterocycles. The topological polar surface area (TPSA) is 32.3 Å². The first-order chi connectivity index (χ1) is 9.57. The summed E-state index contributed by atoms with van der Waals surface area (Å²) in [7, 11) is 0. The lowest BCUT2D eigenvalue weighted by molar-refractivity contribution is 0.216. The Hall–Kier alpha value is -1.10. The Morgan fingerprint density at radius 3 is 2.70 bits per heavy atom. The molecular formula is C15H12BrClFNO. The predicted molar refractivity (Wildman–Crippen MR) is 81.6 cm³/mol. The van der Waals surface area contributed by atoms with Crippen LogP contribution in [-0.4, -0.2) is 11.7 Å². The SMILES string of the molecule is OCC1(c2ccccc2)Cc2c(cc(F)c(Cl)c2Br)N1. The molecule has 2 nitrogen and oxygen atoms in total. The van der Waals surface area contributed by atoms with Crippen LogP contribution in [0.4, 0.5) is 10.1 Å². The lowest BCUT2D eigenvalue weighted by Gasteiger charge is -2.28. The van der Waals surface area contributed by atoms with Gasteiger partial charge in [0, 0.05) is 16.6 Å². The Morgan fingerprint density at radius 2 is 2.05 bits per heavy atom. The molecule has 2 aromatic rings. The van der Waals surface area contributed by atoms with E-state index < -0.39 is 11.4 Å². The number of nitrogens with one attached hydrogen (secondary N) is 1. The first kappa shape index (κ1) is 13.9. The summed E-state index contributed by atoms with van der Waals surface area (Å²) in [5.41, 5.74) is 1.87. The molecule has 1 heterocycles. The zero-order valence-corrected chi connectivity index (χ0v) is 12.8. The summed E-state index contributed by atoms with van der Waals surface area (Å²) in [6.07, 6.45) is 0.545. The van der Waals surface area contributed by atoms with Crippen LogP contribution >= 0.6 is 27.5 Å². The van der Waals surface area contributed by atoms with Gasteiger partial charge in [-0.15, -0.1) is 0 Å². The number of aliphatic hydroxyl groups excluding tert-OH is 1. The maximum absolute atomic E-state index is 13.7. The third-order valence-electron chi connectivity index (χ3n) is 3.71. The maximum atomic E-state index is 13.7. The van der Waals surface area contributed by atoms with Crippen molar-refractivity contribution < 1.29 is 9.50 Å². The molecule has 0 saturated heterocycles. The summed E-state index contributed by atoms with van der Waals surface area (Å²) in [6, 6.07) is 11.0. The molecule has 1 aliphatic rings. The van der Waals surface area contributed by atoms with Gasteiger partial charge < -0.3 is 10.4 Å². The number of fused-ring (bicyclic) bond motifs is 1. The van der Waals surface area contributed by atoms with Crippen molar-refractivity contribution in [2.45, 2.75) is 12.0 Å². The van der Waals surface area contributed by atoms with E-state index in [1.807, 2.05) is 30.3 Å². The molecular weight excluding hydrogens is 345 g/mol. The molecule has 3 rings (SSSR count). The van der Waals surface area contributed by atoms with Crippen molar-refractivity contribution in [1.29, 1.82) is 0 Å². The van der Waals surface area contributed by atoms with E-state index >= 15 is 0 Å². The zero-order chi connectivity index (χ0) is 14.3. The van der Waals surface area contributed by atoms with Crippen LogP contribution in [0.15, 0.2) is 40.9 Å². The minimum atomic E-state index is -0.636. The molecule has 0 aromatic heterocycles. The number of benzene rings is 2. The van der Waals surface area contributed by atoms with Gasteiger partial charge in [-0.3, -0.25) is 0 Å². The fourth-order valence-electron chi connectivity index (χ4n) is 2.64. The minimum Gasteiger partial charge on any atom is -0.394 e. The highest BCUT2D eigenvalue weighted by atomic mass is 79.9. The van der Waals surface area contributed by atoms with Crippen molar-refractivity contribution in [3.8, 4) is 0 Å². The van der Waals surface area contributed by atoms with E-state index in [-0.39, 0.29) is 11.6 Å². The average molecular weight is 357 g/mol. The minimum absolute atomic E-state index is 0.0763. The summed E-state index contributed by atoms with van der Waals surface area (Å²) >= 11 is 9.27. The molecule has 0 fully saturated rings. The number of aliphatic hydroxyl groups is 1. The van der Waals surface area contributed by atoms with Gasteiger partial charge in [-0.1, -0.05) is 41.9 Å². The molecule has 104 valence electrons. The Kier molecular flexibility index (Phi) is 3.48. The third kappa shape index (κ3) is 2.03. The Morgan fingerprint density at radius 1 is 1.35 bits per heavy atom. The predicted octanol–water partition coefficient (Wildman–Crippen LogP) is 4.10. The van der Waals surface area contributed by atoms with E-state index in [4.69, 9.17) is 11.6 Å². The Balaban J connectivity index is 2.10. The van der Waals surface area contributed by atoms with Crippen molar-refractivity contribution in [2.24, 2.45) is 0 Å². The van der Waals surface area contributed by atoms with E-state index in [1.54, 1.807) is 0 Å². The van der Waals surface area contributed by atoms with Gasteiger partial charge in [-0.05, 0) is 33.1 Å². The van der Waals surface area contributed by atoms with Crippen LogP contribution in [0.3, 0.4) is 0 Å². The van der Waals surface area contributed by atoms with E-state index in [9.17, 15) is 9.50 Å². The normalized spacial score (nSPS) is 20.6. The van der Waals surface area contributed by atoms with E-state index in [0.717, 1.165) is 11.1 Å². The molecule has 5 heteroatoms. The first-order valence-corrected chi connectivity index (χ1v) is 7.35. The standard InChI is InChI=1S/C15H12BrClFNO/c16-13-10-7-15(8-20,9-4-2-1-3-5-9)19-12(10)6-11(18)14(13)17/h1-6,19-20H,7-8H2. The molecule has 1 unspecified atom stereocenters. The van der Waals surface area contributed by atoms with Crippen molar-refractivity contribution in [3.05, 3.63) is 62.8 Å². The van der Waals surface area contributed by atoms with E-state index in [2.05, 4.69) is 21.2 Å². The van der Waals surface area contributed by atoms with Crippen LogP contribution < -0.4 is 5.32 Å². The summed E-state index contributed by atoms with van der Waals surface area (Å²) in [6.45, 7) is -0.0859. The van der Waals surface area contributed by atoms with Crippen LogP contribution in [0.5, 0.6) is 0 Å².